The molecule has 0 aromatic rings. The van der Waals surface area contributed by atoms with Gasteiger partial charge in [-0.3, -0.25) is 24.9 Å². The number of carbonyl (C=O) groups is 4. The molecule has 2 atom stereocenters. The number of ether oxygens (including phenoxy) is 2. The van der Waals surface area contributed by atoms with Crippen molar-refractivity contribution in [1.82, 2.24) is 15.3 Å². The van der Waals surface area contributed by atoms with Gasteiger partial charge in [-0.25, -0.2) is 9.86 Å². The van der Waals surface area contributed by atoms with Crippen molar-refractivity contribution in [1.29, 1.82) is 0 Å². The Morgan fingerprint density at radius 2 is 1.88 bits per heavy atom. The van der Waals surface area contributed by atoms with E-state index in [2.05, 4.69) is 5.32 Å². The Labute approximate surface area is 194 Å². The molecular formula is C23H37N3O7. The molecule has 10 heteroatoms. The Bertz CT molecular complexity index is 717. The number of hydrogen-bond donors (Lipinski definition) is 2. The average molecular weight is 468 g/mol. The lowest BCUT2D eigenvalue weighted by Gasteiger charge is -2.34. The number of nitrogens with zero attached hydrogens (tertiary/aromatic N) is 2. The topological polar surface area (TPSA) is 125 Å². The standard InChI is InChI=1S/C23H37N3O7/c1-23(2)9-10-26(19(23)20(28)24-22(30)33-18-7-11-32-12-8-18)21(29)17(14-25(31)15-27)13-16-5-3-4-6-16/h15-19,31H,3-14H2,1-2H3,(H,24,28,30)/t17?,19-/m1/s1. The number of alkyl carbamates (subject to hydrolysis) is 1. The molecule has 2 saturated heterocycles. The summed E-state index contributed by atoms with van der Waals surface area (Å²) in [5, 5.41) is 12.6. The Hall–Kier alpha value is -2.20. The lowest BCUT2D eigenvalue weighted by atomic mass is 9.83. The number of hydrogen-bond acceptors (Lipinski definition) is 7. The van der Waals surface area contributed by atoms with E-state index in [1.807, 2.05) is 13.8 Å². The van der Waals surface area contributed by atoms with Crippen LogP contribution in [0.15, 0.2) is 0 Å². The fourth-order valence-corrected chi connectivity index (χ4v) is 5.38. The van der Waals surface area contributed by atoms with Gasteiger partial charge in [0, 0.05) is 19.4 Å². The van der Waals surface area contributed by atoms with E-state index in [1.165, 1.54) is 4.90 Å². The lowest BCUT2D eigenvalue weighted by molar-refractivity contribution is -0.159. The van der Waals surface area contributed by atoms with Crippen molar-refractivity contribution in [3.05, 3.63) is 0 Å². The van der Waals surface area contributed by atoms with Gasteiger partial charge in [0.25, 0.3) is 5.91 Å². The Kier molecular flexibility index (Phi) is 8.69. The molecule has 0 spiro atoms. The summed E-state index contributed by atoms with van der Waals surface area (Å²) >= 11 is 0. The van der Waals surface area contributed by atoms with Crippen LogP contribution in [-0.2, 0) is 23.9 Å². The summed E-state index contributed by atoms with van der Waals surface area (Å²) in [4.78, 5) is 51.5. The van der Waals surface area contributed by atoms with Crippen molar-refractivity contribution in [2.24, 2.45) is 17.3 Å². The Balaban J connectivity index is 1.69. The van der Waals surface area contributed by atoms with Gasteiger partial charge < -0.3 is 14.4 Å². The Morgan fingerprint density at radius 1 is 1.21 bits per heavy atom. The van der Waals surface area contributed by atoms with Crippen LogP contribution in [0.5, 0.6) is 0 Å². The molecule has 10 nitrogen and oxygen atoms in total. The van der Waals surface area contributed by atoms with Crippen molar-refractivity contribution in [2.45, 2.75) is 77.4 Å². The quantitative estimate of drug-likeness (QED) is 0.318. The Morgan fingerprint density at radius 3 is 2.52 bits per heavy atom. The number of imide groups is 1. The van der Waals surface area contributed by atoms with E-state index in [9.17, 15) is 24.4 Å². The molecule has 3 aliphatic rings. The number of likely N-dealkylation sites (tertiary alicyclic amines) is 1. The molecule has 0 aromatic heterocycles. The molecule has 1 aliphatic carbocycles. The number of carbonyl (C=O) groups excluding carboxylic acids is 4. The second-order valence-electron chi connectivity index (χ2n) is 10.2. The van der Waals surface area contributed by atoms with Crippen molar-refractivity contribution < 1.29 is 33.9 Å². The normalized spacial score (nSPS) is 24.3. The fourth-order valence-electron chi connectivity index (χ4n) is 5.38. The van der Waals surface area contributed by atoms with Gasteiger partial charge in [0.15, 0.2) is 0 Å². The highest BCUT2D eigenvalue weighted by molar-refractivity contribution is 5.98. The van der Waals surface area contributed by atoms with Crippen LogP contribution >= 0.6 is 0 Å². The molecule has 186 valence electrons. The predicted octanol–water partition coefficient (Wildman–Crippen LogP) is 2.09. The van der Waals surface area contributed by atoms with Gasteiger partial charge in [-0.05, 0) is 24.2 Å². The maximum Gasteiger partial charge on any atom is 0.414 e. The first-order chi connectivity index (χ1) is 15.7. The molecule has 3 fully saturated rings. The highest BCUT2D eigenvalue weighted by atomic mass is 16.6. The zero-order valence-corrected chi connectivity index (χ0v) is 19.7. The summed E-state index contributed by atoms with van der Waals surface area (Å²) in [5.41, 5.74) is -0.541. The molecule has 0 radical (unpaired) electrons. The first-order valence-electron chi connectivity index (χ1n) is 12.0. The van der Waals surface area contributed by atoms with E-state index < -0.39 is 29.4 Å². The minimum atomic E-state index is -0.846. The monoisotopic (exact) mass is 467 g/mol. The molecular weight excluding hydrogens is 430 g/mol. The molecule has 2 N–H and O–H groups in total. The highest BCUT2D eigenvalue weighted by Gasteiger charge is 2.49. The van der Waals surface area contributed by atoms with Crippen LogP contribution in [-0.4, -0.2) is 77.9 Å². The zero-order valence-electron chi connectivity index (χ0n) is 19.7. The summed E-state index contributed by atoms with van der Waals surface area (Å²) in [6, 6.07) is -0.846. The van der Waals surface area contributed by atoms with Gasteiger partial charge in [0.2, 0.25) is 12.3 Å². The largest absolute Gasteiger partial charge is 0.446 e. The van der Waals surface area contributed by atoms with Crippen LogP contribution in [0.2, 0.25) is 0 Å². The number of rotatable bonds is 8. The summed E-state index contributed by atoms with van der Waals surface area (Å²) in [6.07, 6.45) is 5.75. The third-order valence-electron chi connectivity index (χ3n) is 7.22. The average Bonchev–Trinajstić information content (AvgIpc) is 3.40. The molecule has 4 amide bonds. The van der Waals surface area contributed by atoms with Crippen LogP contribution in [0, 0.1) is 17.3 Å². The lowest BCUT2D eigenvalue weighted by Crippen LogP contribution is -2.54. The number of amides is 4. The van der Waals surface area contributed by atoms with Gasteiger partial charge in [0.1, 0.15) is 12.1 Å². The van der Waals surface area contributed by atoms with Crippen molar-refractivity contribution in [3.8, 4) is 0 Å². The highest BCUT2D eigenvalue weighted by Crippen LogP contribution is 2.38. The van der Waals surface area contributed by atoms with Crippen LogP contribution in [0.3, 0.4) is 0 Å². The van der Waals surface area contributed by atoms with Gasteiger partial charge in [-0.1, -0.05) is 39.5 Å². The third kappa shape index (κ3) is 6.66. The van der Waals surface area contributed by atoms with Crippen molar-refractivity contribution in [3.63, 3.8) is 0 Å². The minimum absolute atomic E-state index is 0.115. The van der Waals surface area contributed by atoms with Gasteiger partial charge in [0.05, 0.1) is 25.7 Å². The molecule has 3 rings (SSSR count). The maximum absolute atomic E-state index is 13.6. The summed E-state index contributed by atoms with van der Waals surface area (Å²) in [6.45, 7) is 5.06. The molecule has 1 unspecified atom stereocenters. The van der Waals surface area contributed by atoms with E-state index in [-0.39, 0.29) is 18.6 Å². The predicted molar refractivity (Wildman–Crippen MR) is 117 cm³/mol. The second-order valence-corrected chi connectivity index (χ2v) is 10.2. The summed E-state index contributed by atoms with van der Waals surface area (Å²) in [5.74, 6) is -1.09. The van der Waals surface area contributed by atoms with Crippen LogP contribution in [0.1, 0.15) is 65.2 Å². The summed E-state index contributed by atoms with van der Waals surface area (Å²) < 4.78 is 10.6. The van der Waals surface area contributed by atoms with Gasteiger partial charge >= 0.3 is 6.09 Å². The van der Waals surface area contributed by atoms with Crippen LogP contribution in [0.4, 0.5) is 4.79 Å². The minimum Gasteiger partial charge on any atom is -0.446 e. The van der Waals surface area contributed by atoms with Crippen LogP contribution in [0.25, 0.3) is 0 Å². The molecule has 0 bridgehead atoms. The molecule has 33 heavy (non-hydrogen) atoms. The van der Waals surface area contributed by atoms with Gasteiger partial charge in [-0.15, -0.1) is 0 Å². The second kappa shape index (κ2) is 11.3. The van der Waals surface area contributed by atoms with E-state index in [1.54, 1.807) is 0 Å². The van der Waals surface area contributed by atoms with E-state index in [0.717, 1.165) is 25.7 Å². The molecule has 2 heterocycles. The van der Waals surface area contributed by atoms with Crippen LogP contribution < -0.4 is 5.32 Å². The SMILES string of the molecule is CC1(C)CCN(C(=O)C(CC2CCCC2)CN(O)C=O)[C@@H]1C(=O)NC(=O)OC1CCOCC1. The van der Waals surface area contributed by atoms with E-state index in [0.29, 0.717) is 62.8 Å². The van der Waals surface area contributed by atoms with E-state index in [4.69, 9.17) is 9.47 Å². The zero-order chi connectivity index (χ0) is 24.0. The first kappa shape index (κ1) is 25.4. The molecule has 0 aromatic carbocycles. The first-order valence-corrected chi connectivity index (χ1v) is 12.0. The van der Waals surface area contributed by atoms with Crippen molar-refractivity contribution >= 4 is 24.3 Å². The van der Waals surface area contributed by atoms with E-state index >= 15 is 0 Å². The summed E-state index contributed by atoms with van der Waals surface area (Å²) in [7, 11) is 0. The third-order valence-corrected chi connectivity index (χ3v) is 7.22. The smallest absolute Gasteiger partial charge is 0.414 e. The number of nitrogens with one attached hydrogen (secondary N) is 1. The van der Waals surface area contributed by atoms with Gasteiger partial charge in [-0.2, -0.15) is 0 Å². The fraction of sp³-hybridized carbons (Fsp3) is 0.826. The molecule has 2 aliphatic heterocycles. The number of hydroxylamine groups is 2. The van der Waals surface area contributed by atoms with Crippen molar-refractivity contribution in [2.75, 3.05) is 26.3 Å². The molecule has 1 saturated carbocycles. The maximum atomic E-state index is 13.6.